The van der Waals surface area contributed by atoms with E-state index in [0.717, 1.165) is 7.11 Å². The van der Waals surface area contributed by atoms with Gasteiger partial charge in [0.15, 0.2) is 11.4 Å². The first-order chi connectivity index (χ1) is 8.28. The topological polar surface area (TPSA) is 74.5 Å². The Balaban J connectivity index is 3.32. The lowest BCUT2D eigenvalue weighted by Gasteiger charge is -2.12. The second-order valence-electron chi connectivity index (χ2n) is 2.90. The van der Waals surface area contributed by atoms with E-state index < -0.39 is 41.0 Å². The molecule has 1 rings (SSSR count). The van der Waals surface area contributed by atoms with E-state index in [1.54, 1.807) is 0 Å². The molecule has 0 atom stereocenters. The molecule has 0 aliphatic rings. The predicted molar refractivity (Wildman–Crippen MR) is 48.9 cm³/mol. The number of hydrogen-bond acceptors (Lipinski definition) is 5. The Morgan fingerprint density at radius 1 is 1.50 bits per heavy atom. The van der Waals surface area contributed by atoms with Crippen molar-refractivity contribution in [1.82, 2.24) is 4.98 Å². The molecule has 6 nitrogen and oxygen atoms in total. The summed E-state index contributed by atoms with van der Waals surface area (Å²) in [7, 11) is 0.972. The highest BCUT2D eigenvalue weighted by Gasteiger charge is 2.34. The van der Waals surface area contributed by atoms with Crippen LogP contribution in [0.3, 0.4) is 0 Å². The first kappa shape index (κ1) is 13.9. The summed E-state index contributed by atoms with van der Waals surface area (Å²) in [5.74, 6) is -1.69. The van der Waals surface area contributed by atoms with Gasteiger partial charge in [-0.25, -0.2) is 9.37 Å². The van der Waals surface area contributed by atoms with Crippen LogP contribution in [0.1, 0.15) is 5.69 Å². The lowest BCUT2D eigenvalue weighted by Crippen LogP contribution is -2.18. The number of pyridine rings is 1. The van der Waals surface area contributed by atoms with E-state index in [2.05, 4.69) is 14.5 Å². The van der Waals surface area contributed by atoms with E-state index in [9.17, 15) is 27.7 Å². The zero-order valence-electron chi connectivity index (χ0n) is 8.82. The molecule has 0 unspecified atom stereocenters. The number of ether oxygens (including phenoxy) is 2. The van der Waals surface area contributed by atoms with Crippen molar-refractivity contribution in [3.8, 4) is 11.6 Å². The third kappa shape index (κ3) is 3.18. The van der Waals surface area contributed by atoms with Crippen LogP contribution in [0.2, 0.25) is 0 Å². The molecule has 0 spiro atoms. The van der Waals surface area contributed by atoms with Gasteiger partial charge in [0.05, 0.1) is 18.1 Å². The van der Waals surface area contributed by atoms with E-state index in [1.165, 1.54) is 0 Å². The summed E-state index contributed by atoms with van der Waals surface area (Å²) in [6.45, 7) is -1.32. The Kier molecular flexibility index (Phi) is 3.89. The number of hydrogen-bond donors (Lipinski definition) is 0. The lowest BCUT2D eigenvalue weighted by molar-refractivity contribution is -0.386. The molecule has 100 valence electrons. The molecule has 0 N–H and O–H groups in total. The Morgan fingerprint density at radius 3 is 2.50 bits per heavy atom. The molecule has 0 fully saturated rings. The van der Waals surface area contributed by atoms with Crippen LogP contribution in [-0.2, 0) is 6.67 Å². The maximum Gasteiger partial charge on any atom is 0.573 e. The summed E-state index contributed by atoms with van der Waals surface area (Å²) in [5, 5.41) is 10.5. The summed E-state index contributed by atoms with van der Waals surface area (Å²) < 4.78 is 56.5. The van der Waals surface area contributed by atoms with Crippen LogP contribution >= 0.6 is 0 Å². The van der Waals surface area contributed by atoms with Crippen LogP contribution in [0.4, 0.5) is 23.2 Å². The summed E-state index contributed by atoms with van der Waals surface area (Å²) >= 11 is 0. The van der Waals surface area contributed by atoms with Crippen molar-refractivity contribution in [1.29, 1.82) is 0 Å². The molecule has 0 amide bonds. The molecular formula is C8H6F4N2O4. The highest BCUT2D eigenvalue weighted by molar-refractivity contribution is 5.47. The average molecular weight is 270 g/mol. The van der Waals surface area contributed by atoms with Gasteiger partial charge in [0, 0.05) is 0 Å². The molecule has 1 heterocycles. The fraction of sp³-hybridized carbons (Fsp3) is 0.375. The van der Waals surface area contributed by atoms with Gasteiger partial charge < -0.3 is 9.47 Å². The van der Waals surface area contributed by atoms with Crippen molar-refractivity contribution >= 4 is 5.69 Å². The van der Waals surface area contributed by atoms with Crippen molar-refractivity contribution in [3.05, 3.63) is 21.9 Å². The zero-order valence-corrected chi connectivity index (χ0v) is 8.82. The highest BCUT2D eigenvalue weighted by atomic mass is 19.4. The minimum Gasteiger partial charge on any atom is -0.478 e. The van der Waals surface area contributed by atoms with Crippen LogP contribution in [0.5, 0.6) is 11.6 Å². The van der Waals surface area contributed by atoms with Crippen LogP contribution in [0.25, 0.3) is 0 Å². The van der Waals surface area contributed by atoms with Crippen LogP contribution in [-0.4, -0.2) is 23.4 Å². The monoisotopic (exact) mass is 270 g/mol. The van der Waals surface area contributed by atoms with Crippen molar-refractivity contribution < 1.29 is 32.0 Å². The molecule has 10 heteroatoms. The third-order valence-corrected chi connectivity index (χ3v) is 1.75. The standard InChI is InChI=1S/C8H6F4N2O4/c1-17-7-6(18-8(10,11)12)2-5(14(15)16)4(3-9)13-7/h2H,3H2,1H3. The zero-order chi connectivity index (χ0) is 13.9. The normalized spacial score (nSPS) is 11.2. The second-order valence-corrected chi connectivity index (χ2v) is 2.90. The molecule has 1 aromatic heterocycles. The largest absolute Gasteiger partial charge is 0.573 e. The van der Waals surface area contributed by atoms with Gasteiger partial charge in [-0.2, -0.15) is 0 Å². The Labute approximate surface area is 97.3 Å². The van der Waals surface area contributed by atoms with E-state index in [1.807, 2.05) is 0 Å². The SMILES string of the molecule is COc1nc(CF)c([N+](=O)[O-])cc1OC(F)(F)F. The van der Waals surface area contributed by atoms with Gasteiger partial charge in [0.25, 0.3) is 11.6 Å². The number of methoxy groups -OCH3 is 1. The highest BCUT2D eigenvalue weighted by Crippen LogP contribution is 2.35. The van der Waals surface area contributed by atoms with Crippen molar-refractivity contribution in [3.63, 3.8) is 0 Å². The van der Waals surface area contributed by atoms with Gasteiger partial charge in [0.2, 0.25) is 0 Å². The van der Waals surface area contributed by atoms with Crippen molar-refractivity contribution in [2.24, 2.45) is 0 Å². The maximum absolute atomic E-state index is 12.4. The molecular weight excluding hydrogens is 264 g/mol. The molecule has 0 bridgehead atoms. The Hall–Kier alpha value is -2.13. The summed E-state index contributed by atoms with van der Waals surface area (Å²) in [6.07, 6.45) is -5.07. The minimum atomic E-state index is -5.07. The van der Waals surface area contributed by atoms with Gasteiger partial charge >= 0.3 is 6.36 Å². The fourth-order valence-electron chi connectivity index (χ4n) is 1.10. The van der Waals surface area contributed by atoms with E-state index in [0.29, 0.717) is 6.07 Å². The van der Waals surface area contributed by atoms with Crippen molar-refractivity contribution in [2.45, 2.75) is 13.0 Å². The molecule has 1 aromatic rings. The lowest BCUT2D eigenvalue weighted by atomic mass is 10.3. The minimum absolute atomic E-state index is 0.411. The number of aromatic nitrogens is 1. The molecule has 0 saturated carbocycles. The third-order valence-electron chi connectivity index (χ3n) is 1.75. The summed E-state index contributed by atoms with van der Waals surface area (Å²) in [5.41, 5.74) is -1.57. The van der Waals surface area contributed by atoms with Crippen LogP contribution < -0.4 is 9.47 Å². The summed E-state index contributed by atoms with van der Waals surface area (Å²) in [4.78, 5) is 12.7. The quantitative estimate of drug-likeness (QED) is 0.477. The number of halogens is 4. The van der Waals surface area contributed by atoms with Crippen LogP contribution in [0.15, 0.2) is 6.07 Å². The number of nitrogens with zero attached hydrogens (tertiary/aromatic N) is 2. The smallest absolute Gasteiger partial charge is 0.478 e. The number of alkyl halides is 4. The Bertz CT molecular complexity index is 463. The maximum atomic E-state index is 12.4. The van der Waals surface area contributed by atoms with Crippen molar-refractivity contribution in [2.75, 3.05) is 7.11 Å². The molecule has 0 aromatic carbocycles. The first-order valence-electron chi connectivity index (χ1n) is 4.32. The van der Waals surface area contributed by atoms with E-state index in [-0.39, 0.29) is 0 Å². The first-order valence-corrected chi connectivity index (χ1v) is 4.32. The fourth-order valence-corrected chi connectivity index (χ4v) is 1.10. The van der Waals surface area contributed by atoms with Gasteiger partial charge in [-0.3, -0.25) is 10.1 Å². The average Bonchev–Trinajstić information content (AvgIpc) is 2.26. The van der Waals surface area contributed by atoms with Gasteiger partial charge in [-0.1, -0.05) is 0 Å². The molecule has 0 saturated heterocycles. The van der Waals surface area contributed by atoms with Crippen LogP contribution in [0, 0.1) is 10.1 Å². The van der Waals surface area contributed by atoms with Gasteiger partial charge in [-0.15, -0.1) is 13.2 Å². The van der Waals surface area contributed by atoms with E-state index >= 15 is 0 Å². The molecule has 18 heavy (non-hydrogen) atoms. The van der Waals surface area contributed by atoms with Gasteiger partial charge in [-0.05, 0) is 0 Å². The molecule has 0 aliphatic carbocycles. The Morgan fingerprint density at radius 2 is 2.11 bits per heavy atom. The number of nitro groups is 1. The van der Waals surface area contributed by atoms with Gasteiger partial charge in [0.1, 0.15) is 6.67 Å². The van der Waals surface area contributed by atoms with E-state index in [4.69, 9.17) is 0 Å². The predicted octanol–water partition coefficient (Wildman–Crippen LogP) is 2.37. The summed E-state index contributed by atoms with van der Waals surface area (Å²) in [6, 6.07) is 0.411. The molecule has 0 aliphatic heterocycles. The number of rotatable bonds is 4. The molecule has 0 radical (unpaired) electrons. The second kappa shape index (κ2) is 5.02.